The van der Waals surface area contributed by atoms with E-state index in [0.717, 1.165) is 0 Å². The Balaban J connectivity index is 1.92. The van der Waals surface area contributed by atoms with Crippen molar-refractivity contribution in [2.45, 2.75) is 6.10 Å². The zero-order valence-electron chi connectivity index (χ0n) is 9.95. The van der Waals surface area contributed by atoms with E-state index in [1.165, 1.54) is 12.4 Å². The van der Waals surface area contributed by atoms with E-state index >= 15 is 0 Å². The summed E-state index contributed by atoms with van der Waals surface area (Å²) in [5.41, 5.74) is 1.09. The molecule has 0 aliphatic heterocycles. The highest BCUT2D eigenvalue weighted by molar-refractivity contribution is 6.30. The number of aliphatic hydroxyl groups excluding tert-OH is 1. The predicted octanol–water partition coefficient (Wildman–Crippen LogP) is 1.59. The van der Waals surface area contributed by atoms with Crippen LogP contribution in [0.5, 0.6) is 0 Å². The van der Waals surface area contributed by atoms with E-state index in [0.29, 0.717) is 16.1 Å². The third kappa shape index (κ3) is 3.74. The number of carbonyl (C=O) groups excluding carboxylic acids is 1. The zero-order valence-corrected chi connectivity index (χ0v) is 10.7. The topological polar surface area (TPSA) is 75.1 Å². The number of halogens is 1. The Morgan fingerprint density at radius 1 is 1.26 bits per heavy atom. The van der Waals surface area contributed by atoms with Crippen molar-refractivity contribution in [2.75, 3.05) is 6.54 Å². The second kappa shape index (κ2) is 6.26. The Hall–Kier alpha value is -1.98. The SMILES string of the molecule is O=C(NCC(O)c1ccc(Cl)cc1)c1ccnnc1. The number of aromatic nitrogens is 2. The Morgan fingerprint density at radius 3 is 2.63 bits per heavy atom. The van der Waals surface area contributed by atoms with Crippen LogP contribution in [0.4, 0.5) is 0 Å². The third-order valence-corrected chi connectivity index (χ3v) is 2.81. The van der Waals surface area contributed by atoms with Crippen molar-refractivity contribution in [3.8, 4) is 0 Å². The van der Waals surface area contributed by atoms with Crippen LogP contribution in [-0.2, 0) is 0 Å². The first kappa shape index (κ1) is 13.5. The van der Waals surface area contributed by atoms with E-state index in [2.05, 4.69) is 15.5 Å². The minimum absolute atomic E-state index is 0.114. The molecule has 1 unspecified atom stereocenters. The summed E-state index contributed by atoms with van der Waals surface area (Å²) in [6, 6.07) is 8.36. The Kier molecular flexibility index (Phi) is 4.43. The van der Waals surface area contributed by atoms with Gasteiger partial charge in [0.1, 0.15) is 0 Å². The van der Waals surface area contributed by atoms with Crippen LogP contribution in [0.25, 0.3) is 0 Å². The fraction of sp³-hybridized carbons (Fsp3) is 0.154. The number of hydrogen-bond acceptors (Lipinski definition) is 4. The lowest BCUT2D eigenvalue weighted by Crippen LogP contribution is -2.28. The molecule has 0 saturated heterocycles. The Labute approximate surface area is 115 Å². The van der Waals surface area contributed by atoms with Crippen molar-refractivity contribution >= 4 is 17.5 Å². The summed E-state index contributed by atoms with van der Waals surface area (Å²) in [5, 5.41) is 20.3. The van der Waals surface area contributed by atoms with E-state index in [1.807, 2.05) is 0 Å². The van der Waals surface area contributed by atoms with Crippen LogP contribution in [0.1, 0.15) is 22.0 Å². The van der Waals surface area contributed by atoms with Crippen LogP contribution in [-0.4, -0.2) is 27.8 Å². The summed E-state index contributed by atoms with van der Waals surface area (Å²) in [6.07, 6.45) is 2.02. The average molecular weight is 278 g/mol. The lowest BCUT2D eigenvalue weighted by molar-refractivity contribution is 0.0915. The molecule has 1 amide bonds. The molecule has 2 N–H and O–H groups in total. The van der Waals surface area contributed by atoms with Gasteiger partial charge >= 0.3 is 0 Å². The maximum absolute atomic E-state index is 11.7. The summed E-state index contributed by atoms with van der Waals surface area (Å²) in [7, 11) is 0. The molecule has 0 radical (unpaired) electrons. The minimum atomic E-state index is -0.781. The molecule has 2 rings (SSSR count). The van der Waals surface area contributed by atoms with Gasteiger partial charge in [0.25, 0.3) is 5.91 Å². The van der Waals surface area contributed by atoms with Gasteiger partial charge in [-0.1, -0.05) is 23.7 Å². The van der Waals surface area contributed by atoms with Crippen LogP contribution >= 0.6 is 11.6 Å². The van der Waals surface area contributed by atoms with Gasteiger partial charge in [-0.25, -0.2) is 0 Å². The first-order valence-electron chi connectivity index (χ1n) is 5.65. The van der Waals surface area contributed by atoms with Gasteiger partial charge in [-0.15, -0.1) is 0 Å². The molecule has 0 aliphatic rings. The molecule has 5 nitrogen and oxygen atoms in total. The number of rotatable bonds is 4. The lowest BCUT2D eigenvalue weighted by atomic mass is 10.1. The first-order chi connectivity index (χ1) is 9.16. The van der Waals surface area contributed by atoms with Crippen LogP contribution in [0.3, 0.4) is 0 Å². The predicted molar refractivity (Wildman–Crippen MR) is 70.8 cm³/mol. The first-order valence-corrected chi connectivity index (χ1v) is 6.03. The summed E-state index contributed by atoms with van der Waals surface area (Å²) >= 11 is 5.76. The average Bonchev–Trinajstić information content (AvgIpc) is 2.46. The number of benzene rings is 1. The Morgan fingerprint density at radius 2 is 2.00 bits per heavy atom. The van der Waals surface area contributed by atoms with Crippen molar-refractivity contribution in [1.29, 1.82) is 0 Å². The number of nitrogens with one attached hydrogen (secondary N) is 1. The normalized spacial score (nSPS) is 11.9. The highest BCUT2D eigenvalue weighted by Gasteiger charge is 2.10. The van der Waals surface area contributed by atoms with Crippen molar-refractivity contribution in [1.82, 2.24) is 15.5 Å². The zero-order chi connectivity index (χ0) is 13.7. The van der Waals surface area contributed by atoms with Gasteiger partial charge in [0.2, 0.25) is 0 Å². The summed E-state index contributed by atoms with van der Waals surface area (Å²) in [4.78, 5) is 11.7. The highest BCUT2D eigenvalue weighted by Crippen LogP contribution is 2.15. The monoisotopic (exact) mass is 277 g/mol. The van der Waals surface area contributed by atoms with Crippen molar-refractivity contribution in [3.05, 3.63) is 58.9 Å². The summed E-state index contributed by atoms with van der Waals surface area (Å²) in [5.74, 6) is -0.303. The molecular weight excluding hydrogens is 266 g/mol. The van der Waals surface area contributed by atoms with Gasteiger partial charge in [0.05, 0.1) is 24.1 Å². The number of carbonyl (C=O) groups is 1. The molecule has 1 heterocycles. The molecule has 0 spiro atoms. The smallest absolute Gasteiger partial charge is 0.253 e. The van der Waals surface area contributed by atoms with Crippen molar-refractivity contribution in [3.63, 3.8) is 0 Å². The van der Waals surface area contributed by atoms with Gasteiger partial charge in [0, 0.05) is 11.6 Å². The molecule has 1 aromatic heterocycles. The molecule has 0 aliphatic carbocycles. The largest absolute Gasteiger partial charge is 0.387 e. The summed E-state index contributed by atoms with van der Waals surface area (Å²) < 4.78 is 0. The van der Waals surface area contributed by atoms with Gasteiger partial charge in [0.15, 0.2) is 0 Å². The van der Waals surface area contributed by atoms with Crippen molar-refractivity contribution < 1.29 is 9.90 Å². The second-order valence-electron chi connectivity index (χ2n) is 3.91. The fourth-order valence-corrected chi connectivity index (χ4v) is 1.65. The van der Waals surface area contributed by atoms with E-state index < -0.39 is 6.10 Å². The van der Waals surface area contributed by atoms with Crippen LogP contribution in [0, 0.1) is 0 Å². The molecule has 98 valence electrons. The van der Waals surface area contributed by atoms with Crippen LogP contribution in [0.15, 0.2) is 42.7 Å². The Bertz CT molecular complexity index is 546. The number of amides is 1. The van der Waals surface area contributed by atoms with Gasteiger partial charge < -0.3 is 10.4 Å². The standard InChI is InChI=1S/C13H12ClN3O2/c14-11-3-1-9(2-4-11)12(18)8-15-13(19)10-5-6-16-17-7-10/h1-7,12,18H,8H2,(H,15,19). The minimum Gasteiger partial charge on any atom is -0.387 e. The molecule has 19 heavy (non-hydrogen) atoms. The fourth-order valence-electron chi connectivity index (χ4n) is 1.52. The highest BCUT2D eigenvalue weighted by atomic mass is 35.5. The van der Waals surface area contributed by atoms with Gasteiger partial charge in [-0.3, -0.25) is 4.79 Å². The van der Waals surface area contributed by atoms with Gasteiger partial charge in [-0.2, -0.15) is 10.2 Å². The maximum atomic E-state index is 11.7. The maximum Gasteiger partial charge on any atom is 0.253 e. The third-order valence-electron chi connectivity index (χ3n) is 2.56. The molecule has 0 saturated carbocycles. The molecule has 1 atom stereocenters. The number of nitrogens with zero attached hydrogens (tertiary/aromatic N) is 2. The van der Waals surface area contributed by atoms with Gasteiger partial charge in [-0.05, 0) is 23.8 Å². The second-order valence-corrected chi connectivity index (χ2v) is 4.34. The quantitative estimate of drug-likeness (QED) is 0.890. The molecule has 2 aromatic rings. The number of hydrogen-bond donors (Lipinski definition) is 2. The summed E-state index contributed by atoms with van der Waals surface area (Å²) in [6.45, 7) is 0.114. The van der Waals surface area contributed by atoms with E-state index in [9.17, 15) is 9.90 Å². The van der Waals surface area contributed by atoms with E-state index in [1.54, 1.807) is 30.3 Å². The molecule has 0 bridgehead atoms. The van der Waals surface area contributed by atoms with E-state index in [-0.39, 0.29) is 12.5 Å². The van der Waals surface area contributed by atoms with Crippen molar-refractivity contribution in [2.24, 2.45) is 0 Å². The molecule has 1 aromatic carbocycles. The molecular formula is C13H12ClN3O2. The number of aliphatic hydroxyl groups is 1. The van der Waals surface area contributed by atoms with Crippen LogP contribution < -0.4 is 5.32 Å². The lowest BCUT2D eigenvalue weighted by Gasteiger charge is -2.12. The molecule has 0 fully saturated rings. The molecule has 6 heteroatoms. The van der Waals surface area contributed by atoms with Crippen LogP contribution in [0.2, 0.25) is 5.02 Å². The van der Waals surface area contributed by atoms with E-state index in [4.69, 9.17) is 11.6 Å².